The minimum absolute atomic E-state index is 0.0236. The third kappa shape index (κ3) is 5.48. The van der Waals surface area contributed by atoms with Crippen molar-refractivity contribution in [2.75, 3.05) is 6.26 Å². The molecule has 0 radical (unpaired) electrons. The third-order valence-electron chi connectivity index (χ3n) is 3.36. The highest BCUT2D eigenvalue weighted by Gasteiger charge is 2.12. The predicted molar refractivity (Wildman–Crippen MR) is 95.0 cm³/mol. The van der Waals surface area contributed by atoms with Crippen molar-refractivity contribution in [3.05, 3.63) is 69.7 Å². The maximum Gasteiger partial charge on any atom is 0.251 e. The largest absolute Gasteiger partial charge is 0.346 e. The zero-order chi connectivity index (χ0) is 17.0. The molecule has 6 heteroatoms. The molecule has 0 saturated heterocycles. The first-order valence-corrected chi connectivity index (χ1v) is 9.93. The lowest BCUT2D eigenvalue weighted by Gasteiger charge is -2.14. The Labute approximate surface area is 145 Å². The Morgan fingerprint density at radius 1 is 1.09 bits per heavy atom. The normalized spacial score (nSPS) is 12.7. The Balaban J connectivity index is 2.04. The van der Waals surface area contributed by atoms with Crippen LogP contribution < -0.4 is 5.32 Å². The quantitative estimate of drug-likeness (QED) is 0.842. The van der Waals surface area contributed by atoms with E-state index in [0.29, 0.717) is 11.1 Å². The first-order valence-electron chi connectivity index (χ1n) is 7.07. The number of rotatable bonds is 5. The topological polar surface area (TPSA) is 63.2 Å². The molecule has 122 valence electrons. The first kappa shape index (κ1) is 17.7. The van der Waals surface area contributed by atoms with Crippen LogP contribution in [0, 0.1) is 0 Å². The summed E-state index contributed by atoms with van der Waals surface area (Å²) in [6, 6.07) is 14.3. The van der Waals surface area contributed by atoms with Crippen LogP contribution in [0.4, 0.5) is 0 Å². The van der Waals surface area contributed by atoms with Crippen LogP contribution in [-0.2, 0) is 15.6 Å². The monoisotopic (exact) mass is 395 g/mol. The van der Waals surface area contributed by atoms with Crippen molar-refractivity contribution < 1.29 is 13.2 Å². The van der Waals surface area contributed by atoms with E-state index in [2.05, 4.69) is 21.2 Å². The molecule has 0 heterocycles. The fourth-order valence-corrected chi connectivity index (χ4v) is 3.23. The van der Waals surface area contributed by atoms with Gasteiger partial charge in [0.25, 0.3) is 5.91 Å². The average molecular weight is 396 g/mol. The van der Waals surface area contributed by atoms with Gasteiger partial charge in [-0.05, 0) is 42.3 Å². The molecule has 0 fully saturated rings. The molecular weight excluding hydrogens is 378 g/mol. The molecule has 2 aromatic rings. The number of halogens is 1. The number of hydrogen-bond donors (Lipinski definition) is 1. The fourth-order valence-electron chi connectivity index (χ4n) is 2.17. The van der Waals surface area contributed by atoms with Gasteiger partial charge in [0.2, 0.25) is 0 Å². The van der Waals surface area contributed by atoms with Crippen molar-refractivity contribution in [1.29, 1.82) is 0 Å². The molecule has 2 rings (SSSR count). The SMILES string of the molecule is C[C@H](NC(=O)c1ccc(CS(C)(=O)=O)cc1)c1ccc(Br)cc1. The average Bonchev–Trinajstić information content (AvgIpc) is 2.46. The van der Waals surface area contributed by atoms with E-state index < -0.39 is 9.84 Å². The number of amides is 1. The van der Waals surface area contributed by atoms with Crippen molar-refractivity contribution in [2.45, 2.75) is 18.7 Å². The molecule has 23 heavy (non-hydrogen) atoms. The van der Waals surface area contributed by atoms with Crippen LogP contribution in [0.1, 0.15) is 34.5 Å². The zero-order valence-electron chi connectivity index (χ0n) is 12.9. The molecule has 0 bridgehead atoms. The predicted octanol–water partition coefficient (Wildman–Crippen LogP) is 3.48. The van der Waals surface area contributed by atoms with E-state index in [1.807, 2.05) is 31.2 Å². The summed E-state index contributed by atoms with van der Waals surface area (Å²) in [6.07, 6.45) is 1.19. The Hall–Kier alpha value is -1.66. The molecular formula is C17H18BrNO3S. The first-order chi connectivity index (χ1) is 10.7. The zero-order valence-corrected chi connectivity index (χ0v) is 15.3. The lowest BCUT2D eigenvalue weighted by molar-refractivity contribution is 0.0940. The number of carbonyl (C=O) groups is 1. The summed E-state index contributed by atoms with van der Waals surface area (Å²) in [5, 5.41) is 2.93. The van der Waals surface area contributed by atoms with Gasteiger partial charge in [-0.3, -0.25) is 4.79 Å². The van der Waals surface area contributed by atoms with E-state index in [1.54, 1.807) is 24.3 Å². The van der Waals surface area contributed by atoms with E-state index in [4.69, 9.17) is 0 Å². The van der Waals surface area contributed by atoms with Crippen LogP contribution in [-0.4, -0.2) is 20.6 Å². The van der Waals surface area contributed by atoms with Gasteiger partial charge in [0.15, 0.2) is 9.84 Å². The van der Waals surface area contributed by atoms with Crippen LogP contribution in [0.5, 0.6) is 0 Å². The molecule has 1 amide bonds. The molecule has 0 aliphatic rings. The Kier molecular flexibility index (Phi) is 5.59. The lowest BCUT2D eigenvalue weighted by Crippen LogP contribution is -2.26. The molecule has 0 spiro atoms. The maximum absolute atomic E-state index is 12.3. The summed E-state index contributed by atoms with van der Waals surface area (Å²) in [6.45, 7) is 1.92. The van der Waals surface area contributed by atoms with Crippen molar-refractivity contribution >= 4 is 31.7 Å². The number of nitrogens with one attached hydrogen (secondary N) is 1. The molecule has 0 aliphatic carbocycles. The highest BCUT2D eigenvalue weighted by atomic mass is 79.9. The molecule has 2 aromatic carbocycles. The molecule has 1 N–H and O–H groups in total. The number of sulfone groups is 1. The van der Waals surface area contributed by atoms with Gasteiger partial charge in [0, 0.05) is 16.3 Å². The van der Waals surface area contributed by atoms with Crippen molar-refractivity contribution in [2.24, 2.45) is 0 Å². The second-order valence-electron chi connectivity index (χ2n) is 5.51. The Morgan fingerprint density at radius 2 is 1.65 bits per heavy atom. The van der Waals surface area contributed by atoms with Crippen LogP contribution in [0.3, 0.4) is 0 Å². The summed E-state index contributed by atoms with van der Waals surface area (Å²) in [5.41, 5.74) is 2.19. The summed E-state index contributed by atoms with van der Waals surface area (Å²) < 4.78 is 23.5. The smallest absolute Gasteiger partial charge is 0.251 e. The van der Waals surface area contributed by atoms with Gasteiger partial charge < -0.3 is 5.32 Å². The Bertz CT molecular complexity index is 784. The van der Waals surface area contributed by atoms with E-state index >= 15 is 0 Å². The van der Waals surface area contributed by atoms with Gasteiger partial charge in [0.05, 0.1) is 11.8 Å². The fraction of sp³-hybridized carbons (Fsp3) is 0.235. The van der Waals surface area contributed by atoms with Crippen LogP contribution in [0.15, 0.2) is 53.0 Å². The van der Waals surface area contributed by atoms with Gasteiger partial charge >= 0.3 is 0 Å². The molecule has 4 nitrogen and oxygen atoms in total. The number of benzene rings is 2. The van der Waals surface area contributed by atoms with Crippen molar-refractivity contribution in [1.82, 2.24) is 5.32 Å². The molecule has 0 saturated carbocycles. The third-order valence-corrected chi connectivity index (χ3v) is 4.75. The summed E-state index contributed by atoms with van der Waals surface area (Å²) in [4.78, 5) is 12.3. The van der Waals surface area contributed by atoms with E-state index in [-0.39, 0.29) is 17.7 Å². The van der Waals surface area contributed by atoms with Gasteiger partial charge in [-0.1, -0.05) is 40.2 Å². The van der Waals surface area contributed by atoms with E-state index in [1.165, 1.54) is 6.26 Å². The van der Waals surface area contributed by atoms with Crippen LogP contribution >= 0.6 is 15.9 Å². The van der Waals surface area contributed by atoms with Gasteiger partial charge in [-0.15, -0.1) is 0 Å². The standard InChI is InChI=1S/C17H18BrNO3S/c1-12(14-7-9-16(18)10-8-14)19-17(20)15-5-3-13(4-6-15)11-23(2,21)22/h3-10,12H,11H2,1-2H3,(H,19,20)/t12-/m0/s1. The summed E-state index contributed by atoms with van der Waals surface area (Å²) in [5.74, 6) is -0.212. The number of carbonyl (C=O) groups excluding carboxylic acids is 1. The van der Waals surface area contributed by atoms with E-state index in [0.717, 1.165) is 10.0 Å². The van der Waals surface area contributed by atoms with Gasteiger partial charge in [-0.2, -0.15) is 0 Å². The number of hydrogen-bond acceptors (Lipinski definition) is 3. The summed E-state index contributed by atoms with van der Waals surface area (Å²) >= 11 is 3.38. The van der Waals surface area contributed by atoms with Crippen molar-refractivity contribution in [3.8, 4) is 0 Å². The Morgan fingerprint density at radius 3 is 2.17 bits per heavy atom. The molecule has 1 atom stereocenters. The van der Waals surface area contributed by atoms with Gasteiger partial charge in [0.1, 0.15) is 0 Å². The summed E-state index contributed by atoms with van der Waals surface area (Å²) in [7, 11) is -3.07. The van der Waals surface area contributed by atoms with Crippen LogP contribution in [0.25, 0.3) is 0 Å². The van der Waals surface area contributed by atoms with Crippen LogP contribution in [0.2, 0.25) is 0 Å². The highest BCUT2D eigenvalue weighted by Crippen LogP contribution is 2.17. The maximum atomic E-state index is 12.3. The second kappa shape index (κ2) is 7.27. The van der Waals surface area contributed by atoms with E-state index in [9.17, 15) is 13.2 Å². The minimum atomic E-state index is -3.07. The molecule has 0 aliphatic heterocycles. The minimum Gasteiger partial charge on any atom is -0.346 e. The second-order valence-corrected chi connectivity index (χ2v) is 8.57. The van der Waals surface area contributed by atoms with Crippen molar-refractivity contribution in [3.63, 3.8) is 0 Å². The highest BCUT2D eigenvalue weighted by molar-refractivity contribution is 9.10. The van der Waals surface area contributed by atoms with Gasteiger partial charge in [-0.25, -0.2) is 8.42 Å². The molecule has 0 unspecified atom stereocenters. The lowest BCUT2D eigenvalue weighted by atomic mass is 10.1. The molecule has 0 aromatic heterocycles.